The van der Waals surface area contributed by atoms with E-state index in [1.807, 2.05) is 0 Å². The van der Waals surface area contributed by atoms with Crippen molar-refractivity contribution < 1.29 is 18.3 Å². The van der Waals surface area contributed by atoms with Gasteiger partial charge in [-0.1, -0.05) is 19.1 Å². The third-order valence-electron chi connectivity index (χ3n) is 2.11. The number of thiazole rings is 1. The van der Waals surface area contributed by atoms with Gasteiger partial charge < -0.3 is 5.11 Å². The number of hydrogen-bond acceptors (Lipinski definition) is 5. The Hall–Kier alpha value is -1.25. The first-order valence-electron chi connectivity index (χ1n) is 5.12. The van der Waals surface area contributed by atoms with Crippen LogP contribution in [0.3, 0.4) is 0 Å². The molecule has 18 heavy (non-hydrogen) atoms. The van der Waals surface area contributed by atoms with Gasteiger partial charge in [-0.2, -0.15) is 4.31 Å². The molecule has 0 aliphatic carbocycles. The highest BCUT2D eigenvalue weighted by atomic mass is 32.2. The second kappa shape index (κ2) is 5.59. The number of carbonyl (C=O) groups is 1. The smallest absolute Gasteiger partial charge is 0.356 e. The summed E-state index contributed by atoms with van der Waals surface area (Å²) in [5, 5.41) is 8.90. The molecule has 100 valence electrons. The molecule has 0 saturated carbocycles. The zero-order chi connectivity index (χ0) is 13.9. The Balaban J connectivity index is 3.23. The first kappa shape index (κ1) is 14.8. The minimum absolute atomic E-state index is 0.162. The van der Waals surface area contributed by atoms with Crippen LogP contribution in [0, 0.1) is 0 Å². The quantitative estimate of drug-likeness (QED) is 0.801. The molecule has 1 heterocycles. The summed E-state index contributed by atoms with van der Waals surface area (Å²) < 4.78 is 25.5. The molecule has 1 rings (SSSR count). The van der Waals surface area contributed by atoms with Gasteiger partial charge in [-0.15, -0.1) is 11.3 Å². The average molecular weight is 290 g/mol. The number of hydrogen-bond donors (Lipinski definition) is 1. The summed E-state index contributed by atoms with van der Waals surface area (Å²) in [5.41, 5.74) is 1.47. The highest BCUT2D eigenvalue weighted by molar-refractivity contribution is 7.91. The minimum atomic E-state index is -3.83. The van der Waals surface area contributed by atoms with Gasteiger partial charge in [0.05, 0.1) is 5.51 Å². The Labute approximate surface area is 110 Å². The number of aromatic carboxylic acids is 1. The van der Waals surface area contributed by atoms with Gasteiger partial charge in [-0.25, -0.2) is 18.2 Å². The van der Waals surface area contributed by atoms with Gasteiger partial charge in [-0.05, 0) is 6.92 Å². The van der Waals surface area contributed by atoms with Crippen LogP contribution in [0.5, 0.6) is 0 Å². The molecule has 0 fully saturated rings. The highest BCUT2D eigenvalue weighted by Crippen LogP contribution is 2.24. The van der Waals surface area contributed by atoms with Crippen molar-refractivity contribution in [2.75, 3.05) is 13.1 Å². The van der Waals surface area contributed by atoms with E-state index in [0.29, 0.717) is 5.57 Å². The summed E-state index contributed by atoms with van der Waals surface area (Å²) in [5.74, 6) is -1.35. The van der Waals surface area contributed by atoms with E-state index in [4.69, 9.17) is 5.11 Å². The lowest BCUT2D eigenvalue weighted by Gasteiger charge is -2.19. The molecule has 0 saturated heterocycles. The van der Waals surface area contributed by atoms with Crippen LogP contribution in [0.4, 0.5) is 0 Å². The molecule has 0 amide bonds. The molecule has 1 aromatic rings. The average Bonchev–Trinajstić information content (AvgIpc) is 2.74. The second-order valence-corrected chi connectivity index (χ2v) is 6.67. The largest absolute Gasteiger partial charge is 0.476 e. The lowest BCUT2D eigenvalue weighted by molar-refractivity contribution is 0.0687. The summed E-state index contributed by atoms with van der Waals surface area (Å²) in [6, 6.07) is 0. The lowest BCUT2D eigenvalue weighted by Crippen LogP contribution is -2.32. The Morgan fingerprint density at radius 2 is 2.22 bits per heavy atom. The third-order valence-corrected chi connectivity index (χ3v) is 5.38. The van der Waals surface area contributed by atoms with Crippen molar-refractivity contribution in [1.29, 1.82) is 0 Å². The van der Waals surface area contributed by atoms with Crippen molar-refractivity contribution in [2.24, 2.45) is 0 Å². The predicted octanol–water partition coefficient (Wildman–Crippen LogP) is 1.43. The maximum absolute atomic E-state index is 12.3. The van der Waals surface area contributed by atoms with Crippen LogP contribution in [0.2, 0.25) is 0 Å². The Bertz CT molecular complexity index is 562. The number of likely N-dealkylation sites (N-methyl/N-ethyl adjacent to an activating group) is 1. The van der Waals surface area contributed by atoms with Gasteiger partial charge in [0, 0.05) is 13.1 Å². The molecule has 0 atom stereocenters. The third kappa shape index (κ3) is 2.95. The molecule has 1 N–H and O–H groups in total. The molecule has 0 spiro atoms. The fourth-order valence-corrected chi connectivity index (χ4v) is 4.13. The van der Waals surface area contributed by atoms with Gasteiger partial charge >= 0.3 is 5.97 Å². The molecule has 0 unspecified atom stereocenters. The van der Waals surface area contributed by atoms with Crippen molar-refractivity contribution in [1.82, 2.24) is 9.29 Å². The van der Waals surface area contributed by atoms with E-state index in [-0.39, 0.29) is 17.3 Å². The van der Waals surface area contributed by atoms with Gasteiger partial charge in [0.1, 0.15) is 0 Å². The SMILES string of the molecule is C=C(C)CN(CC)S(=O)(=O)c1scnc1C(=O)O. The minimum Gasteiger partial charge on any atom is -0.476 e. The van der Waals surface area contributed by atoms with Gasteiger partial charge in [-0.3, -0.25) is 0 Å². The van der Waals surface area contributed by atoms with Gasteiger partial charge in [0.2, 0.25) is 0 Å². The molecule has 0 radical (unpaired) electrons. The van der Waals surface area contributed by atoms with Crippen LogP contribution in [-0.2, 0) is 10.0 Å². The van der Waals surface area contributed by atoms with Gasteiger partial charge in [0.25, 0.3) is 10.0 Å². The monoisotopic (exact) mass is 290 g/mol. The summed E-state index contributed by atoms with van der Waals surface area (Å²) >= 11 is 0.804. The summed E-state index contributed by atoms with van der Waals surface area (Å²) in [6.45, 7) is 7.46. The molecular weight excluding hydrogens is 276 g/mol. The molecule has 8 heteroatoms. The number of rotatable bonds is 6. The van der Waals surface area contributed by atoms with Crippen LogP contribution < -0.4 is 0 Å². The van der Waals surface area contributed by atoms with E-state index in [9.17, 15) is 13.2 Å². The lowest BCUT2D eigenvalue weighted by atomic mass is 10.3. The molecule has 0 aromatic carbocycles. The number of carboxylic acid groups (broad SMARTS) is 1. The number of aromatic nitrogens is 1. The van der Waals surface area contributed by atoms with E-state index in [0.717, 1.165) is 11.3 Å². The molecule has 1 aromatic heterocycles. The Morgan fingerprint density at radius 3 is 2.67 bits per heavy atom. The van der Waals surface area contributed by atoms with Crippen molar-refractivity contribution in [2.45, 2.75) is 18.1 Å². The van der Waals surface area contributed by atoms with E-state index < -0.39 is 21.7 Å². The molecule has 0 aliphatic rings. The van der Waals surface area contributed by atoms with E-state index in [1.54, 1.807) is 13.8 Å². The first-order valence-corrected chi connectivity index (χ1v) is 7.44. The Kier molecular flexibility index (Phi) is 4.60. The fraction of sp³-hybridized carbons (Fsp3) is 0.400. The van der Waals surface area contributed by atoms with Gasteiger partial charge in [0.15, 0.2) is 9.90 Å². The topological polar surface area (TPSA) is 87.6 Å². The molecule has 0 aliphatic heterocycles. The van der Waals surface area contributed by atoms with E-state index >= 15 is 0 Å². The Morgan fingerprint density at radius 1 is 1.61 bits per heavy atom. The molecule has 0 bridgehead atoms. The van der Waals surface area contributed by atoms with Crippen LogP contribution in [0.25, 0.3) is 0 Å². The maximum atomic E-state index is 12.3. The zero-order valence-electron chi connectivity index (χ0n) is 10.1. The van der Waals surface area contributed by atoms with Crippen LogP contribution in [-0.4, -0.2) is 41.9 Å². The normalized spacial score (nSPS) is 11.7. The first-order chi connectivity index (χ1) is 8.30. The maximum Gasteiger partial charge on any atom is 0.356 e. The summed E-state index contributed by atoms with van der Waals surface area (Å²) in [6.07, 6.45) is 0. The summed E-state index contributed by atoms with van der Waals surface area (Å²) in [7, 11) is -3.83. The van der Waals surface area contributed by atoms with Crippen LogP contribution in [0.15, 0.2) is 21.9 Å². The van der Waals surface area contributed by atoms with Crippen molar-refractivity contribution >= 4 is 27.3 Å². The van der Waals surface area contributed by atoms with E-state index in [2.05, 4.69) is 11.6 Å². The second-order valence-electron chi connectivity index (χ2n) is 3.68. The van der Waals surface area contributed by atoms with Crippen LogP contribution >= 0.6 is 11.3 Å². The number of nitrogens with zero attached hydrogens (tertiary/aromatic N) is 2. The van der Waals surface area contributed by atoms with Crippen molar-refractivity contribution in [3.8, 4) is 0 Å². The predicted molar refractivity (Wildman–Crippen MR) is 68.3 cm³/mol. The fourth-order valence-electron chi connectivity index (χ4n) is 1.35. The molecule has 6 nitrogen and oxygen atoms in total. The highest BCUT2D eigenvalue weighted by Gasteiger charge is 2.30. The standard InChI is InChI=1S/C10H14N2O4S2/c1-4-12(5-7(2)3)18(15,16)10-8(9(13)14)11-6-17-10/h6H,2,4-5H2,1,3H3,(H,13,14). The number of sulfonamides is 1. The van der Waals surface area contributed by atoms with E-state index in [1.165, 1.54) is 9.82 Å². The molecular formula is C10H14N2O4S2. The van der Waals surface area contributed by atoms with Crippen molar-refractivity contribution in [3.05, 3.63) is 23.4 Å². The van der Waals surface area contributed by atoms with Crippen molar-refractivity contribution in [3.63, 3.8) is 0 Å². The van der Waals surface area contributed by atoms with Crippen LogP contribution in [0.1, 0.15) is 24.3 Å². The number of carboxylic acids is 1. The zero-order valence-corrected chi connectivity index (χ0v) is 11.7. The summed E-state index contributed by atoms with van der Waals surface area (Å²) in [4.78, 5) is 14.5.